The Morgan fingerprint density at radius 3 is 2.40 bits per heavy atom. The summed E-state index contributed by atoms with van der Waals surface area (Å²) in [5.74, 6) is -4.54. The maximum absolute atomic E-state index is 13.5. The molecule has 1 unspecified atom stereocenters. The van der Waals surface area contributed by atoms with Gasteiger partial charge >= 0.3 is 0 Å². The van der Waals surface area contributed by atoms with Crippen LogP contribution in [0, 0.1) is 17.5 Å². The minimum absolute atomic E-state index is 0.159. The number of aliphatic hydroxyl groups excluding tert-OH is 2. The molecule has 5 rings (SSSR count). The maximum Gasteiger partial charge on any atom is 0.194 e. The van der Waals surface area contributed by atoms with Crippen LogP contribution in [0.25, 0.3) is 10.9 Å². The van der Waals surface area contributed by atoms with Crippen molar-refractivity contribution in [3.05, 3.63) is 83.4 Å². The fourth-order valence-corrected chi connectivity index (χ4v) is 5.93. The molecule has 1 aromatic heterocycles. The molecule has 40 heavy (non-hydrogen) atoms. The highest BCUT2D eigenvalue weighted by Gasteiger charge is 2.32. The Hall–Kier alpha value is -3.18. The lowest BCUT2D eigenvalue weighted by molar-refractivity contribution is -0.112. The Balaban J connectivity index is 1.19. The number of para-hydroxylation sites is 1. The molecule has 2 aliphatic rings. The first kappa shape index (κ1) is 28.4. The molecule has 0 spiro atoms. The Bertz CT molecular complexity index is 1320. The van der Waals surface area contributed by atoms with Crippen molar-refractivity contribution in [2.45, 2.75) is 43.7 Å². The standard InChI is InChI=1S/C30H35F3N4O3/c31-26-15-21(16-27(32)30(26)33)29(40)9-12-35-10-7-22(8-11-35)37(18-23(39)19-38)36-13-5-20(6-14-36)25-17-34-28-4-2-1-3-24(25)28/h1-4,9,12,15-17,20,22-23,34,38-39H,5-8,10-11,13-14,18-19H2. The van der Waals surface area contributed by atoms with E-state index in [1.807, 2.05) is 11.0 Å². The second kappa shape index (κ2) is 12.6. The van der Waals surface area contributed by atoms with Crippen molar-refractivity contribution >= 4 is 16.7 Å². The number of hydrogen-bond acceptors (Lipinski definition) is 6. The highest BCUT2D eigenvalue weighted by molar-refractivity contribution is 6.04. The van der Waals surface area contributed by atoms with Crippen molar-refractivity contribution in [1.29, 1.82) is 0 Å². The molecule has 1 atom stereocenters. The molecule has 10 heteroatoms. The number of allylic oxidation sites excluding steroid dienone is 1. The van der Waals surface area contributed by atoms with E-state index >= 15 is 0 Å². The number of nitrogens with zero attached hydrogens (tertiary/aromatic N) is 3. The predicted octanol–water partition coefficient (Wildman–Crippen LogP) is 4.20. The Kier molecular flexibility index (Phi) is 8.90. The van der Waals surface area contributed by atoms with Gasteiger partial charge in [-0.25, -0.2) is 23.2 Å². The van der Waals surface area contributed by atoms with Gasteiger partial charge < -0.3 is 20.1 Å². The number of aromatic amines is 1. The first-order valence-electron chi connectivity index (χ1n) is 13.8. The van der Waals surface area contributed by atoms with Gasteiger partial charge in [-0.05, 0) is 55.4 Å². The Morgan fingerprint density at radius 1 is 1.05 bits per heavy atom. The Labute approximate surface area is 231 Å². The van der Waals surface area contributed by atoms with Crippen LogP contribution in [0.15, 0.2) is 54.9 Å². The van der Waals surface area contributed by atoms with Gasteiger partial charge in [-0.2, -0.15) is 0 Å². The molecule has 214 valence electrons. The number of ketones is 1. The largest absolute Gasteiger partial charge is 0.394 e. The fraction of sp³-hybridized carbons (Fsp3) is 0.433. The second-order valence-electron chi connectivity index (χ2n) is 10.7. The van der Waals surface area contributed by atoms with Crippen LogP contribution in [0.4, 0.5) is 13.2 Å². The molecule has 3 heterocycles. The molecule has 0 amide bonds. The quantitative estimate of drug-likeness (QED) is 0.208. The molecule has 2 aliphatic heterocycles. The van der Waals surface area contributed by atoms with Crippen LogP contribution in [0.1, 0.15) is 47.5 Å². The lowest BCUT2D eigenvalue weighted by Crippen LogP contribution is -2.56. The third-order valence-electron chi connectivity index (χ3n) is 8.13. The SMILES string of the molecule is O=C(C=CN1CCC(N(CC(O)CO)N2CCC(c3c[nH]c4ccccc34)CC2)CC1)c1cc(F)c(F)c(F)c1. The van der Waals surface area contributed by atoms with E-state index in [4.69, 9.17) is 0 Å². The highest BCUT2D eigenvalue weighted by atomic mass is 19.2. The van der Waals surface area contributed by atoms with Crippen LogP contribution in [-0.4, -0.2) is 87.4 Å². The predicted molar refractivity (Wildman–Crippen MR) is 146 cm³/mol. The summed E-state index contributed by atoms with van der Waals surface area (Å²) in [5, 5.41) is 25.6. The monoisotopic (exact) mass is 556 g/mol. The van der Waals surface area contributed by atoms with E-state index < -0.39 is 29.3 Å². The van der Waals surface area contributed by atoms with Crippen molar-refractivity contribution in [2.75, 3.05) is 39.3 Å². The summed E-state index contributed by atoms with van der Waals surface area (Å²) in [6.45, 7) is 3.03. The van der Waals surface area contributed by atoms with Gasteiger partial charge in [-0.1, -0.05) is 18.2 Å². The van der Waals surface area contributed by atoms with Gasteiger partial charge in [-0.15, -0.1) is 0 Å². The van der Waals surface area contributed by atoms with Gasteiger partial charge in [-0.3, -0.25) is 4.79 Å². The summed E-state index contributed by atoms with van der Waals surface area (Å²) >= 11 is 0. The van der Waals surface area contributed by atoms with Crippen LogP contribution in [-0.2, 0) is 0 Å². The van der Waals surface area contributed by atoms with Crippen LogP contribution in [0.3, 0.4) is 0 Å². The second-order valence-corrected chi connectivity index (χ2v) is 10.7. The molecular weight excluding hydrogens is 521 g/mol. The lowest BCUT2D eigenvalue weighted by atomic mass is 9.89. The van der Waals surface area contributed by atoms with Crippen LogP contribution in [0.5, 0.6) is 0 Å². The van der Waals surface area contributed by atoms with E-state index in [0.29, 0.717) is 37.7 Å². The first-order chi connectivity index (χ1) is 19.3. The lowest BCUT2D eigenvalue weighted by Gasteiger charge is -2.46. The minimum Gasteiger partial charge on any atom is -0.394 e. The van der Waals surface area contributed by atoms with E-state index in [2.05, 4.69) is 39.4 Å². The zero-order chi connectivity index (χ0) is 28.2. The van der Waals surface area contributed by atoms with Crippen molar-refractivity contribution in [3.8, 4) is 0 Å². The number of carbonyl (C=O) groups excluding carboxylic acids is 1. The summed E-state index contributed by atoms with van der Waals surface area (Å²) < 4.78 is 40.2. The average Bonchev–Trinajstić information content (AvgIpc) is 3.42. The molecule has 0 aliphatic carbocycles. The molecule has 0 radical (unpaired) electrons. The molecule has 3 aromatic rings. The highest BCUT2D eigenvalue weighted by Crippen LogP contribution is 2.34. The molecule has 2 saturated heterocycles. The van der Waals surface area contributed by atoms with Gasteiger partial charge in [0.2, 0.25) is 0 Å². The number of nitrogens with one attached hydrogen (secondary N) is 1. The molecule has 3 N–H and O–H groups in total. The van der Waals surface area contributed by atoms with Crippen LogP contribution >= 0.6 is 0 Å². The molecule has 0 bridgehead atoms. The zero-order valence-corrected chi connectivity index (χ0v) is 22.3. The number of aromatic nitrogens is 1. The molecule has 2 aromatic carbocycles. The normalized spacial score (nSPS) is 18.8. The third-order valence-corrected chi connectivity index (χ3v) is 8.13. The van der Waals surface area contributed by atoms with Gasteiger partial charge in [0.1, 0.15) is 0 Å². The third kappa shape index (κ3) is 6.25. The van der Waals surface area contributed by atoms with Gasteiger partial charge in [0.25, 0.3) is 0 Å². The zero-order valence-electron chi connectivity index (χ0n) is 22.3. The average molecular weight is 557 g/mol. The van der Waals surface area contributed by atoms with E-state index in [9.17, 15) is 28.2 Å². The number of hydrogen-bond donors (Lipinski definition) is 3. The smallest absolute Gasteiger partial charge is 0.194 e. The number of H-pyrrole nitrogens is 1. The van der Waals surface area contributed by atoms with Crippen LogP contribution < -0.4 is 0 Å². The summed E-state index contributed by atoms with van der Waals surface area (Å²) in [4.78, 5) is 17.7. The number of piperidine rings is 2. The number of likely N-dealkylation sites (tertiary alicyclic amines) is 1. The summed E-state index contributed by atoms with van der Waals surface area (Å²) in [5.41, 5.74) is 2.24. The van der Waals surface area contributed by atoms with Gasteiger partial charge in [0, 0.05) is 73.7 Å². The van der Waals surface area contributed by atoms with Gasteiger partial charge in [0.05, 0.1) is 12.7 Å². The topological polar surface area (TPSA) is 83.0 Å². The number of halogens is 3. The van der Waals surface area contributed by atoms with Crippen molar-refractivity contribution < 1.29 is 28.2 Å². The summed E-state index contributed by atoms with van der Waals surface area (Å²) in [7, 11) is 0. The minimum atomic E-state index is -1.60. The summed E-state index contributed by atoms with van der Waals surface area (Å²) in [6, 6.07) is 9.89. The number of fused-ring (bicyclic) bond motifs is 1. The van der Waals surface area contributed by atoms with Crippen LogP contribution in [0.2, 0.25) is 0 Å². The van der Waals surface area contributed by atoms with E-state index in [1.54, 1.807) is 6.20 Å². The molecular formula is C30H35F3N4O3. The molecule has 2 fully saturated rings. The molecule has 0 saturated carbocycles. The van der Waals surface area contributed by atoms with E-state index in [0.717, 1.165) is 44.3 Å². The Morgan fingerprint density at radius 2 is 1.73 bits per heavy atom. The maximum atomic E-state index is 13.5. The summed E-state index contributed by atoms with van der Waals surface area (Å²) in [6.07, 6.45) is 7.65. The van der Waals surface area contributed by atoms with Crippen molar-refractivity contribution in [3.63, 3.8) is 0 Å². The van der Waals surface area contributed by atoms with Gasteiger partial charge in [0.15, 0.2) is 23.2 Å². The van der Waals surface area contributed by atoms with E-state index in [1.165, 1.54) is 17.0 Å². The number of hydrazine groups is 1. The number of carbonyl (C=O) groups is 1. The van der Waals surface area contributed by atoms with E-state index in [-0.39, 0.29) is 18.2 Å². The fourth-order valence-electron chi connectivity index (χ4n) is 5.93. The number of aliphatic hydroxyl groups is 2. The first-order valence-corrected chi connectivity index (χ1v) is 13.8. The number of benzene rings is 2. The number of rotatable bonds is 9. The van der Waals surface area contributed by atoms with Crippen molar-refractivity contribution in [2.24, 2.45) is 0 Å². The van der Waals surface area contributed by atoms with Crippen molar-refractivity contribution in [1.82, 2.24) is 19.9 Å². The molecule has 7 nitrogen and oxygen atoms in total.